The summed E-state index contributed by atoms with van der Waals surface area (Å²) in [5.41, 5.74) is 1.82. The minimum atomic E-state index is -0.384. The van der Waals surface area contributed by atoms with Crippen LogP contribution in [0, 0.1) is 0 Å². The molecule has 21 heavy (non-hydrogen) atoms. The SMILES string of the molecule is O=C(/C=C/c1ccsc1)OCc1cc2c(cc1Br)OCO2. The lowest BCUT2D eigenvalue weighted by Gasteiger charge is -2.06. The fourth-order valence-electron chi connectivity index (χ4n) is 1.80. The van der Waals surface area contributed by atoms with Crippen LogP contribution in [0.15, 0.2) is 39.5 Å². The molecular formula is C15H11BrO4S. The number of carbonyl (C=O) groups is 1. The number of esters is 1. The zero-order valence-corrected chi connectivity index (χ0v) is 13.3. The maximum absolute atomic E-state index is 11.7. The molecule has 1 aromatic carbocycles. The first-order valence-corrected chi connectivity index (χ1v) is 7.91. The van der Waals surface area contributed by atoms with Crippen molar-refractivity contribution in [3.63, 3.8) is 0 Å². The van der Waals surface area contributed by atoms with Crippen molar-refractivity contribution >= 4 is 39.3 Å². The van der Waals surface area contributed by atoms with E-state index in [-0.39, 0.29) is 19.4 Å². The highest BCUT2D eigenvalue weighted by molar-refractivity contribution is 9.10. The summed E-state index contributed by atoms with van der Waals surface area (Å²) in [4.78, 5) is 11.7. The highest BCUT2D eigenvalue weighted by atomic mass is 79.9. The summed E-state index contributed by atoms with van der Waals surface area (Å²) in [5.74, 6) is 0.970. The fraction of sp³-hybridized carbons (Fsp3) is 0.133. The Bertz CT molecular complexity index is 679. The topological polar surface area (TPSA) is 44.8 Å². The van der Waals surface area contributed by atoms with Gasteiger partial charge in [-0.05, 0) is 40.6 Å². The number of carbonyl (C=O) groups excluding carboxylic acids is 1. The Morgan fingerprint density at radius 3 is 2.95 bits per heavy atom. The summed E-state index contributed by atoms with van der Waals surface area (Å²) in [6.45, 7) is 0.387. The van der Waals surface area contributed by atoms with Gasteiger partial charge in [0.15, 0.2) is 11.5 Å². The molecule has 0 unspecified atom stereocenters. The van der Waals surface area contributed by atoms with Gasteiger partial charge in [-0.15, -0.1) is 0 Å². The van der Waals surface area contributed by atoms with E-state index in [0.717, 1.165) is 15.6 Å². The monoisotopic (exact) mass is 366 g/mol. The Balaban J connectivity index is 1.61. The van der Waals surface area contributed by atoms with E-state index in [9.17, 15) is 4.79 Å². The smallest absolute Gasteiger partial charge is 0.331 e. The van der Waals surface area contributed by atoms with Crippen LogP contribution in [-0.4, -0.2) is 12.8 Å². The zero-order chi connectivity index (χ0) is 14.7. The summed E-state index contributed by atoms with van der Waals surface area (Å²) in [5, 5.41) is 3.91. The minimum absolute atomic E-state index is 0.171. The molecule has 6 heteroatoms. The van der Waals surface area contributed by atoms with Crippen LogP contribution in [0.5, 0.6) is 11.5 Å². The van der Waals surface area contributed by atoms with Crippen LogP contribution in [0.2, 0.25) is 0 Å². The maximum Gasteiger partial charge on any atom is 0.331 e. The molecule has 2 aromatic rings. The van der Waals surface area contributed by atoms with E-state index in [2.05, 4.69) is 15.9 Å². The van der Waals surface area contributed by atoms with E-state index in [1.165, 1.54) is 6.08 Å². The van der Waals surface area contributed by atoms with Crippen molar-refractivity contribution in [2.45, 2.75) is 6.61 Å². The number of halogens is 1. The van der Waals surface area contributed by atoms with E-state index < -0.39 is 0 Å². The van der Waals surface area contributed by atoms with Gasteiger partial charge in [0.1, 0.15) is 6.61 Å². The van der Waals surface area contributed by atoms with Crippen LogP contribution < -0.4 is 9.47 Å². The van der Waals surface area contributed by atoms with Gasteiger partial charge >= 0.3 is 5.97 Å². The molecule has 0 aliphatic carbocycles. The van der Waals surface area contributed by atoms with Crippen LogP contribution in [0.1, 0.15) is 11.1 Å². The maximum atomic E-state index is 11.7. The number of rotatable bonds is 4. The first kappa shape index (κ1) is 14.2. The average molecular weight is 367 g/mol. The number of benzene rings is 1. The molecular weight excluding hydrogens is 356 g/mol. The van der Waals surface area contributed by atoms with Crippen molar-refractivity contribution in [1.82, 2.24) is 0 Å². The van der Waals surface area contributed by atoms with E-state index in [0.29, 0.717) is 11.5 Å². The number of hydrogen-bond acceptors (Lipinski definition) is 5. The van der Waals surface area contributed by atoms with Crippen molar-refractivity contribution in [3.8, 4) is 11.5 Å². The molecule has 1 aliphatic heterocycles. The highest BCUT2D eigenvalue weighted by Gasteiger charge is 2.16. The average Bonchev–Trinajstić information content (AvgIpc) is 3.13. The summed E-state index contributed by atoms with van der Waals surface area (Å²) >= 11 is 5.01. The van der Waals surface area contributed by atoms with E-state index in [1.54, 1.807) is 17.4 Å². The molecule has 1 aromatic heterocycles. The number of hydrogen-bond donors (Lipinski definition) is 0. The Labute approximate surface area is 134 Å². The van der Waals surface area contributed by atoms with E-state index in [4.69, 9.17) is 14.2 Å². The van der Waals surface area contributed by atoms with Crippen LogP contribution in [0.25, 0.3) is 6.08 Å². The molecule has 0 spiro atoms. The van der Waals surface area contributed by atoms with Crippen LogP contribution in [0.4, 0.5) is 0 Å². The first-order chi connectivity index (χ1) is 10.2. The molecule has 0 bridgehead atoms. The standard InChI is InChI=1S/C15H11BrO4S/c16-12-6-14-13(19-9-20-14)5-11(12)7-18-15(17)2-1-10-3-4-21-8-10/h1-6,8H,7,9H2/b2-1+. The van der Waals surface area contributed by atoms with Gasteiger partial charge in [-0.25, -0.2) is 4.79 Å². The van der Waals surface area contributed by atoms with Crippen molar-refractivity contribution < 1.29 is 19.0 Å². The normalized spacial score (nSPS) is 12.8. The van der Waals surface area contributed by atoms with Gasteiger partial charge in [0.2, 0.25) is 6.79 Å². The zero-order valence-electron chi connectivity index (χ0n) is 10.9. The summed E-state index contributed by atoms with van der Waals surface area (Å²) in [6.07, 6.45) is 3.15. The predicted octanol–water partition coefficient (Wildman–Crippen LogP) is 4.00. The molecule has 2 heterocycles. The molecule has 108 valence electrons. The van der Waals surface area contributed by atoms with Crippen molar-refractivity contribution in [1.29, 1.82) is 0 Å². The van der Waals surface area contributed by atoms with Gasteiger partial charge in [0.05, 0.1) is 0 Å². The summed E-state index contributed by atoms with van der Waals surface area (Å²) < 4.78 is 16.6. The van der Waals surface area contributed by atoms with Crippen LogP contribution >= 0.6 is 27.3 Å². The Hall–Kier alpha value is -1.79. The highest BCUT2D eigenvalue weighted by Crippen LogP contribution is 2.37. The minimum Gasteiger partial charge on any atom is -0.458 e. The molecule has 0 N–H and O–H groups in total. The summed E-state index contributed by atoms with van der Waals surface area (Å²) in [6, 6.07) is 5.55. The van der Waals surface area contributed by atoms with Crippen molar-refractivity contribution in [2.75, 3.05) is 6.79 Å². The largest absolute Gasteiger partial charge is 0.458 e. The molecule has 0 radical (unpaired) electrons. The molecule has 0 fully saturated rings. The molecule has 0 saturated carbocycles. The Morgan fingerprint density at radius 1 is 1.38 bits per heavy atom. The van der Waals surface area contributed by atoms with Gasteiger partial charge in [-0.3, -0.25) is 0 Å². The van der Waals surface area contributed by atoms with Crippen molar-refractivity contribution in [3.05, 3.63) is 50.6 Å². The number of ether oxygens (including phenoxy) is 3. The number of fused-ring (bicyclic) bond motifs is 1. The third kappa shape index (κ3) is 3.46. The lowest BCUT2D eigenvalue weighted by molar-refractivity contribution is -0.138. The van der Waals surface area contributed by atoms with Gasteiger partial charge in [0.25, 0.3) is 0 Å². The van der Waals surface area contributed by atoms with Crippen molar-refractivity contribution in [2.24, 2.45) is 0 Å². The van der Waals surface area contributed by atoms with E-state index >= 15 is 0 Å². The lowest BCUT2D eigenvalue weighted by atomic mass is 10.2. The second-order valence-corrected chi connectivity index (χ2v) is 5.93. The molecule has 0 atom stereocenters. The van der Waals surface area contributed by atoms with Gasteiger partial charge in [-0.1, -0.05) is 15.9 Å². The van der Waals surface area contributed by atoms with E-state index in [1.807, 2.05) is 29.0 Å². The van der Waals surface area contributed by atoms with Gasteiger partial charge < -0.3 is 14.2 Å². The quantitative estimate of drug-likeness (QED) is 0.605. The van der Waals surface area contributed by atoms with Gasteiger partial charge in [-0.2, -0.15) is 11.3 Å². The molecule has 3 rings (SSSR count). The Morgan fingerprint density at radius 2 is 2.19 bits per heavy atom. The molecule has 1 aliphatic rings. The third-order valence-electron chi connectivity index (χ3n) is 2.87. The summed E-state index contributed by atoms with van der Waals surface area (Å²) in [7, 11) is 0. The second-order valence-electron chi connectivity index (χ2n) is 4.29. The lowest BCUT2D eigenvalue weighted by Crippen LogP contribution is -2.01. The molecule has 0 saturated heterocycles. The second kappa shape index (κ2) is 6.32. The fourth-order valence-corrected chi connectivity index (χ4v) is 2.87. The predicted molar refractivity (Wildman–Crippen MR) is 83.4 cm³/mol. The van der Waals surface area contributed by atoms with Crippen LogP contribution in [0.3, 0.4) is 0 Å². The molecule has 0 amide bonds. The molecule has 4 nitrogen and oxygen atoms in total. The third-order valence-corrected chi connectivity index (χ3v) is 4.31. The van der Waals surface area contributed by atoms with Gasteiger partial charge in [0, 0.05) is 16.1 Å². The first-order valence-electron chi connectivity index (χ1n) is 6.17. The van der Waals surface area contributed by atoms with Crippen LogP contribution in [-0.2, 0) is 16.1 Å². The number of thiophene rings is 1. The Kier molecular flexibility index (Phi) is 4.26.